The Morgan fingerprint density at radius 3 is 2.60 bits per heavy atom. The maximum atomic E-state index is 10.4. The molecule has 1 rings (SSSR count). The van der Waals surface area contributed by atoms with Gasteiger partial charge in [-0.3, -0.25) is 4.79 Å². The number of rotatable bonds is 2. The fourth-order valence-electron chi connectivity index (χ4n) is 0.673. The van der Waals surface area contributed by atoms with Gasteiger partial charge in [-0.25, -0.2) is 0 Å². The lowest BCUT2D eigenvalue weighted by molar-refractivity contribution is -0.114. The zero-order valence-electron chi connectivity index (χ0n) is 5.50. The van der Waals surface area contributed by atoms with Crippen LogP contribution in [0.2, 0.25) is 0 Å². The molecule has 3 nitrogen and oxygen atoms in total. The van der Waals surface area contributed by atoms with E-state index in [1.165, 1.54) is 0 Å². The molecule has 3 heteroatoms. The molecule has 1 amide bonds. The molecule has 1 fully saturated rings. The third kappa shape index (κ3) is 1.59. The van der Waals surface area contributed by atoms with Crippen molar-refractivity contribution in [2.24, 2.45) is 11.7 Å². The van der Waals surface area contributed by atoms with Crippen LogP contribution in [0.3, 0.4) is 0 Å². The van der Waals surface area contributed by atoms with Gasteiger partial charge in [-0.2, -0.15) is 5.26 Å². The molecule has 0 bridgehead atoms. The maximum absolute atomic E-state index is 10.4. The number of amides is 1. The van der Waals surface area contributed by atoms with E-state index < -0.39 is 5.91 Å². The number of carbonyl (C=O) groups is 1. The predicted octanol–water partition coefficient (Wildman–Crippen LogP) is 0.332. The van der Waals surface area contributed by atoms with Gasteiger partial charge in [0, 0.05) is 0 Å². The van der Waals surface area contributed by atoms with Crippen molar-refractivity contribution >= 4 is 5.91 Å². The first kappa shape index (κ1) is 6.81. The van der Waals surface area contributed by atoms with Gasteiger partial charge in [-0.1, -0.05) is 6.08 Å². The van der Waals surface area contributed by atoms with Gasteiger partial charge in [0.1, 0.15) is 11.6 Å². The Labute approximate surface area is 59.1 Å². The van der Waals surface area contributed by atoms with Crippen LogP contribution in [-0.4, -0.2) is 5.91 Å². The molecular formula is C7H8N2O. The van der Waals surface area contributed by atoms with Crippen LogP contribution in [0.1, 0.15) is 12.8 Å². The van der Waals surface area contributed by atoms with E-state index in [9.17, 15) is 4.79 Å². The third-order valence-corrected chi connectivity index (χ3v) is 1.41. The lowest BCUT2D eigenvalue weighted by Gasteiger charge is -1.86. The molecule has 0 aliphatic heterocycles. The van der Waals surface area contributed by atoms with Gasteiger partial charge in [0.15, 0.2) is 0 Å². The Morgan fingerprint density at radius 2 is 2.30 bits per heavy atom. The maximum Gasteiger partial charge on any atom is 0.259 e. The van der Waals surface area contributed by atoms with Gasteiger partial charge in [0.05, 0.1) is 0 Å². The second-order valence-corrected chi connectivity index (χ2v) is 2.39. The van der Waals surface area contributed by atoms with Crippen LogP contribution in [0.5, 0.6) is 0 Å². The lowest BCUT2D eigenvalue weighted by Crippen LogP contribution is -2.12. The average Bonchev–Trinajstić information content (AvgIpc) is 2.64. The first-order chi connectivity index (χ1) is 4.74. The van der Waals surface area contributed by atoms with Gasteiger partial charge in [-0.05, 0) is 18.8 Å². The van der Waals surface area contributed by atoms with Crippen molar-refractivity contribution in [3.8, 4) is 6.07 Å². The summed E-state index contributed by atoms with van der Waals surface area (Å²) in [6, 6.07) is 1.76. The van der Waals surface area contributed by atoms with E-state index >= 15 is 0 Å². The molecule has 0 atom stereocenters. The van der Waals surface area contributed by atoms with Crippen LogP contribution in [0, 0.1) is 17.2 Å². The summed E-state index contributed by atoms with van der Waals surface area (Å²) in [5.74, 6) is -0.184. The van der Waals surface area contributed by atoms with Crippen molar-refractivity contribution in [1.82, 2.24) is 0 Å². The summed E-state index contributed by atoms with van der Waals surface area (Å²) in [7, 11) is 0. The summed E-state index contributed by atoms with van der Waals surface area (Å²) in [4.78, 5) is 10.4. The topological polar surface area (TPSA) is 66.9 Å². The van der Waals surface area contributed by atoms with E-state index in [1.807, 2.05) is 0 Å². The molecule has 0 heterocycles. The Hall–Kier alpha value is -1.30. The van der Waals surface area contributed by atoms with Gasteiger partial charge < -0.3 is 5.73 Å². The normalized spacial score (nSPS) is 18.1. The van der Waals surface area contributed by atoms with Crippen LogP contribution in [0.4, 0.5) is 0 Å². The summed E-state index contributed by atoms with van der Waals surface area (Å²) in [5, 5.41) is 8.35. The quantitative estimate of drug-likeness (QED) is 0.439. The number of carbonyl (C=O) groups excluding carboxylic acids is 1. The minimum Gasteiger partial charge on any atom is -0.365 e. The number of hydrogen-bond acceptors (Lipinski definition) is 2. The Morgan fingerprint density at radius 1 is 1.70 bits per heavy atom. The first-order valence-electron chi connectivity index (χ1n) is 3.15. The predicted molar refractivity (Wildman–Crippen MR) is 35.6 cm³/mol. The van der Waals surface area contributed by atoms with Crippen molar-refractivity contribution in [2.45, 2.75) is 12.8 Å². The molecule has 1 aliphatic carbocycles. The fourth-order valence-corrected chi connectivity index (χ4v) is 0.673. The van der Waals surface area contributed by atoms with Gasteiger partial charge in [-0.15, -0.1) is 0 Å². The van der Waals surface area contributed by atoms with Gasteiger partial charge in [0.25, 0.3) is 5.91 Å². The zero-order valence-corrected chi connectivity index (χ0v) is 5.50. The summed E-state index contributed by atoms with van der Waals surface area (Å²) >= 11 is 0. The SMILES string of the molecule is N#C/C(=C\C1CC1)C(N)=O. The highest BCUT2D eigenvalue weighted by Crippen LogP contribution is 2.31. The molecule has 1 saturated carbocycles. The Balaban J connectivity index is 2.64. The fraction of sp³-hybridized carbons (Fsp3) is 0.429. The molecule has 1 aliphatic rings. The largest absolute Gasteiger partial charge is 0.365 e. The van der Waals surface area contributed by atoms with E-state index in [0.29, 0.717) is 5.92 Å². The highest BCUT2D eigenvalue weighted by atomic mass is 16.1. The molecule has 0 unspecified atom stereocenters. The Kier molecular flexibility index (Phi) is 1.72. The summed E-state index contributed by atoms with van der Waals surface area (Å²) in [5.41, 5.74) is 4.99. The summed E-state index contributed by atoms with van der Waals surface area (Å²) in [6.45, 7) is 0. The minimum absolute atomic E-state index is 0.0995. The Bertz CT molecular complexity index is 220. The molecule has 0 saturated heterocycles. The number of nitrogens with zero attached hydrogens (tertiary/aromatic N) is 1. The van der Waals surface area contributed by atoms with Crippen LogP contribution < -0.4 is 5.73 Å². The monoisotopic (exact) mass is 136 g/mol. The van der Waals surface area contributed by atoms with E-state index in [2.05, 4.69) is 0 Å². The molecule has 0 spiro atoms. The van der Waals surface area contributed by atoms with E-state index in [0.717, 1.165) is 12.8 Å². The van der Waals surface area contributed by atoms with Gasteiger partial charge in [0.2, 0.25) is 0 Å². The molecule has 0 aromatic heterocycles. The lowest BCUT2D eigenvalue weighted by atomic mass is 10.2. The summed E-state index contributed by atoms with van der Waals surface area (Å²) < 4.78 is 0. The smallest absolute Gasteiger partial charge is 0.259 e. The van der Waals surface area contributed by atoms with Crippen molar-refractivity contribution < 1.29 is 4.79 Å². The number of primary amides is 1. The number of nitriles is 1. The molecular weight excluding hydrogens is 128 g/mol. The van der Waals surface area contributed by atoms with Crippen molar-refractivity contribution in [1.29, 1.82) is 5.26 Å². The molecule has 0 aromatic carbocycles. The summed E-state index contributed by atoms with van der Waals surface area (Å²) in [6.07, 6.45) is 3.82. The number of hydrogen-bond donors (Lipinski definition) is 1. The number of allylic oxidation sites excluding steroid dienone is 1. The minimum atomic E-state index is -0.616. The van der Waals surface area contributed by atoms with Crippen LogP contribution in [0.15, 0.2) is 11.6 Å². The first-order valence-corrected chi connectivity index (χ1v) is 3.15. The highest BCUT2D eigenvalue weighted by Gasteiger charge is 2.20. The molecule has 2 N–H and O–H groups in total. The number of nitrogens with two attached hydrogens (primary N) is 1. The second kappa shape index (κ2) is 2.53. The molecule has 10 heavy (non-hydrogen) atoms. The van der Waals surface area contributed by atoms with Crippen molar-refractivity contribution in [2.75, 3.05) is 0 Å². The third-order valence-electron chi connectivity index (χ3n) is 1.41. The molecule has 0 radical (unpaired) electrons. The second-order valence-electron chi connectivity index (χ2n) is 2.39. The highest BCUT2D eigenvalue weighted by molar-refractivity contribution is 5.95. The van der Waals surface area contributed by atoms with Crippen LogP contribution in [-0.2, 0) is 4.79 Å². The van der Waals surface area contributed by atoms with Crippen molar-refractivity contribution in [3.63, 3.8) is 0 Å². The molecule has 0 aromatic rings. The van der Waals surface area contributed by atoms with Crippen molar-refractivity contribution in [3.05, 3.63) is 11.6 Å². The van der Waals surface area contributed by atoms with Gasteiger partial charge >= 0.3 is 0 Å². The average molecular weight is 136 g/mol. The molecule has 52 valence electrons. The van der Waals surface area contributed by atoms with Crippen LogP contribution >= 0.6 is 0 Å². The zero-order chi connectivity index (χ0) is 7.56. The van der Waals surface area contributed by atoms with Crippen LogP contribution in [0.25, 0.3) is 0 Å². The van der Waals surface area contributed by atoms with E-state index in [1.54, 1.807) is 12.1 Å². The van der Waals surface area contributed by atoms with E-state index in [-0.39, 0.29) is 5.57 Å². The van der Waals surface area contributed by atoms with E-state index in [4.69, 9.17) is 11.0 Å². The standard InChI is InChI=1S/C7H8N2O/c8-4-6(7(9)10)3-5-1-2-5/h3,5H,1-2H2,(H2,9,10)/b6-3+.